The second-order valence-corrected chi connectivity index (χ2v) is 5.29. The molecule has 6 nitrogen and oxygen atoms in total. The number of halogens is 1. The Morgan fingerprint density at radius 3 is 2.62 bits per heavy atom. The molecule has 1 aromatic heterocycles. The molecular weight excluding hydrogens is 338 g/mol. The van der Waals surface area contributed by atoms with E-state index < -0.39 is 10.8 Å². The van der Waals surface area contributed by atoms with Crippen LogP contribution in [0.4, 0.5) is 11.4 Å². The lowest BCUT2D eigenvalue weighted by molar-refractivity contribution is -0.385. The van der Waals surface area contributed by atoms with Gasteiger partial charge in [-0.1, -0.05) is 6.07 Å². The van der Waals surface area contributed by atoms with Gasteiger partial charge in [-0.2, -0.15) is 0 Å². The minimum absolute atomic E-state index is 0.0756. The minimum Gasteiger partial charge on any atom is -0.320 e. The molecule has 7 heteroatoms. The second kappa shape index (κ2) is 6.01. The number of carbonyl (C=O) groups excluding carboxylic acids is 1. The predicted molar refractivity (Wildman–Crippen MR) is 82.5 cm³/mol. The average molecular weight is 350 g/mol. The van der Waals surface area contributed by atoms with Crippen LogP contribution in [0.3, 0.4) is 0 Å². The van der Waals surface area contributed by atoms with Crippen molar-refractivity contribution < 1.29 is 9.72 Å². The molecule has 1 N–H and O–H groups in total. The van der Waals surface area contributed by atoms with Crippen LogP contribution in [-0.4, -0.2) is 15.8 Å². The van der Waals surface area contributed by atoms with Gasteiger partial charge < -0.3 is 5.32 Å². The molecule has 2 rings (SSSR count). The number of nitro benzene ring substituents is 1. The Balaban J connectivity index is 2.28. The number of rotatable bonds is 3. The summed E-state index contributed by atoms with van der Waals surface area (Å²) in [5.41, 5.74) is 1.88. The number of nitrogens with zero attached hydrogens (tertiary/aromatic N) is 2. The second-order valence-electron chi connectivity index (χ2n) is 4.48. The van der Waals surface area contributed by atoms with Gasteiger partial charge >= 0.3 is 0 Å². The molecule has 21 heavy (non-hydrogen) atoms. The molecule has 0 saturated heterocycles. The zero-order chi connectivity index (χ0) is 15.6. The first-order valence-corrected chi connectivity index (χ1v) is 6.87. The first kappa shape index (κ1) is 15.1. The predicted octanol–water partition coefficient (Wildman–Crippen LogP) is 3.62. The van der Waals surface area contributed by atoms with Gasteiger partial charge in [-0.15, -0.1) is 0 Å². The van der Waals surface area contributed by atoms with E-state index in [2.05, 4.69) is 26.2 Å². The van der Waals surface area contributed by atoms with E-state index in [-0.39, 0.29) is 11.3 Å². The summed E-state index contributed by atoms with van der Waals surface area (Å²) in [5.74, 6) is -0.412. The summed E-state index contributed by atoms with van der Waals surface area (Å²) in [6.07, 6.45) is 0. The van der Waals surface area contributed by atoms with Crippen molar-refractivity contribution in [2.24, 2.45) is 0 Å². The van der Waals surface area contributed by atoms with Crippen LogP contribution in [0.5, 0.6) is 0 Å². The zero-order valence-corrected chi connectivity index (χ0v) is 13.0. The molecule has 0 radical (unpaired) electrons. The molecule has 0 aliphatic carbocycles. The third-order valence-corrected chi connectivity index (χ3v) is 3.41. The molecule has 0 aliphatic rings. The van der Waals surface area contributed by atoms with Crippen molar-refractivity contribution in [2.45, 2.75) is 13.8 Å². The Hall–Kier alpha value is -2.28. The topological polar surface area (TPSA) is 85.1 Å². The van der Waals surface area contributed by atoms with Crippen LogP contribution in [-0.2, 0) is 0 Å². The normalized spacial score (nSPS) is 10.2. The summed E-state index contributed by atoms with van der Waals surface area (Å²) in [7, 11) is 0. The molecule has 0 aliphatic heterocycles. The first-order chi connectivity index (χ1) is 9.88. The Kier molecular flexibility index (Phi) is 4.32. The van der Waals surface area contributed by atoms with Gasteiger partial charge in [-0.25, -0.2) is 4.98 Å². The molecule has 108 valence electrons. The van der Waals surface area contributed by atoms with Gasteiger partial charge in [0.2, 0.25) is 0 Å². The number of amides is 1. The van der Waals surface area contributed by atoms with Crippen LogP contribution in [0.25, 0.3) is 0 Å². The molecule has 0 bridgehead atoms. The number of aryl methyl sites for hydroxylation is 2. The third-order valence-electron chi connectivity index (χ3n) is 2.97. The molecule has 0 saturated carbocycles. The van der Waals surface area contributed by atoms with Gasteiger partial charge in [0.15, 0.2) is 0 Å². The smallest absolute Gasteiger partial charge is 0.273 e. The SMILES string of the molecule is Cc1ccc(C(=O)Nc2ccc(Br)nc2C)cc1[N+](=O)[O-]. The lowest BCUT2D eigenvalue weighted by Crippen LogP contribution is -2.13. The fourth-order valence-electron chi connectivity index (χ4n) is 1.80. The van der Waals surface area contributed by atoms with Crippen molar-refractivity contribution >= 4 is 33.2 Å². The molecule has 1 heterocycles. The first-order valence-electron chi connectivity index (χ1n) is 6.08. The number of aromatic nitrogens is 1. The molecule has 0 atom stereocenters. The number of pyridine rings is 1. The maximum absolute atomic E-state index is 12.2. The monoisotopic (exact) mass is 349 g/mol. The van der Waals surface area contributed by atoms with E-state index in [0.717, 1.165) is 0 Å². The van der Waals surface area contributed by atoms with Crippen LogP contribution in [0.2, 0.25) is 0 Å². The number of nitro groups is 1. The highest BCUT2D eigenvalue weighted by Crippen LogP contribution is 2.21. The highest BCUT2D eigenvalue weighted by molar-refractivity contribution is 9.10. The van der Waals surface area contributed by atoms with E-state index in [9.17, 15) is 14.9 Å². The van der Waals surface area contributed by atoms with Gasteiger partial charge in [0.25, 0.3) is 11.6 Å². The summed E-state index contributed by atoms with van der Waals surface area (Å²) in [5, 5.41) is 13.6. The lowest BCUT2D eigenvalue weighted by Gasteiger charge is -2.08. The van der Waals surface area contributed by atoms with Crippen molar-refractivity contribution in [3.63, 3.8) is 0 Å². The van der Waals surface area contributed by atoms with Crippen LogP contribution in [0.15, 0.2) is 34.9 Å². The number of benzene rings is 1. The summed E-state index contributed by atoms with van der Waals surface area (Å²) in [6.45, 7) is 3.39. The molecule has 0 fully saturated rings. The summed E-state index contributed by atoms with van der Waals surface area (Å²) >= 11 is 3.24. The molecule has 0 spiro atoms. The van der Waals surface area contributed by atoms with Gasteiger partial charge in [-0.3, -0.25) is 14.9 Å². The van der Waals surface area contributed by atoms with E-state index in [1.165, 1.54) is 6.07 Å². The number of anilines is 1. The maximum atomic E-state index is 12.2. The van der Waals surface area contributed by atoms with Crippen molar-refractivity contribution in [1.29, 1.82) is 0 Å². The van der Waals surface area contributed by atoms with Crippen molar-refractivity contribution in [2.75, 3.05) is 5.32 Å². The Labute approximate surface area is 129 Å². The van der Waals surface area contributed by atoms with E-state index >= 15 is 0 Å². The Morgan fingerprint density at radius 2 is 2.00 bits per heavy atom. The molecule has 1 amide bonds. The van der Waals surface area contributed by atoms with Crippen molar-refractivity contribution in [3.05, 3.63) is 61.9 Å². The molecular formula is C14H12BrN3O3. The van der Waals surface area contributed by atoms with E-state index in [1.54, 1.807) is 38.1 Å². The van der Waals surface area contributed by atoms with Crippen LogP contribution in [0.1, 0.15) is 21.6 Å². The zero-order valence-electron chi connectivity index (χ0n) is 11.4. The van der Waals surface area contributed by atoms with Crippen molar-refractivity contribution in [3.8, 4) is 0 Å². The maximum Gasteiger partial charge on any atom is 0.273 e. The fourth-order valence-corrected chi connectivity index (χ4v) is 2.20. The molecule has 2 aromatic rings. The largest absolute Gasteiger partial charge is 0.320 e. The summed E-state index contributed by atoms with van der Waals surface area (Å²) in [6, 6.07) is 7.80. The van der Waals surface area contributed by atoms with Crippen LogP contribution in [0, 0.1) is 24.0 Å². The van der Waals surface area contributed by atoms with Crippen molar-refractivity contribution in [1.82, 2.24) is 4.98 Å². The molecule has 0 unspecified atom stereocenters. The third kappa shape index (κ3) is 3.43. The minimum atomic E-state index is -0.501. The highest BCUT2D eigenvalue weighted by atomic mass is 79.9. The molecule has 1 aromatic carbocycles. The van der Waals surface area contributed by atoms with Crippen LogP contribution >= 0.6 is 15.9 Å². The Morgan fingerprint density at radius 1 is 1.29 bits per heavy atom. The highest BCUT2D eigenvalue weighted by Gasteiger charge is 2.15. The average Bonchev–Trinajstić information content (AvgIpc) is 2.42. The summed E-state index contributed by atoms with van der Waals surface area (Å²) in [4.78, 5) is 26.7. The number of hydrogen-bond acceptors (Lipinski definition) is 4. The van der Waals surface area contributed by atoms with E-state index in [1.807, 2.05) is 0 Å². The number of nitrogens with one attached hydrogen (secondary N) is 1. The van der Waals surface area contributed by atoms with Gasteiger partial charge in [0, 0.05) is 17.2 Å². The van der Waals surface area contributed by atoms with Gasteiger partial charge in [0.1, 0.15) is 4.60 Å². The van der Waals surface area contributed by atoms with E-state index in [0.29, 0.717) is 21.5 Å². The van der Waals surface area contributed by atoms with E-state index in [4.69, 9.17) is 0 Å². The standard InChI is InChI=1S/C14H12BrN3O3/c1-8-3-4-10(7-12(8)18(20)21)14(19)17-11-5-6-13(15)16-9(11)2/h3-7H,1-2H3,(H,17,19). The Bertz CT molecular complexity index is 731. The van der Waals surface area contributed by atoms with Gasteiger partial charge in [0.05, 0.1) is 16.3 Å². The quantitative estimate of drug-likeness (QED) is 0.520. The van der Waals surface area contributed by atoms with Gasteiger partial charge in [-0.05, 0) is 48.0 Å². The lowest BCUT2D eigenvalue weighted by atomic mass is 10.1. The summed E-state index contributed by atoms with van der Waals surface area (Å²) < 4.78 is 0.670. The van der Waals surface area contributed by atoms with Crippen LogP contribution < -0.4 is 5.32 Å². The number of hydrogen-bond donors (Lipinski definition) is 1. The number of carbonyl (C=O) groups is 1. The fraction of sp³-hybridized carbons (Fsp3) is 0.143.